The average molecular weight is 169 g/mol. The zero-order chi connectivity index (χ0) is 8.55. The Labute approximate surface area is 69.0 Å². The van der Waals surface area contributed by atoms with E-state index in [-0.39, 0.29) is 11.9 Å². The Balaban J connectivity index is 2.18. The minimum absolute atomic E-state index is 0.141. The van der Waals surface area contributed by atoms with E-state index in [0.29, 0.717) is 0 Å². The molecule has 0 spiro atoms. The molecule has 0 unspecified atom stereocenters. The molecule has 0 heterocycles. The predicted molar refractivity (Wildman–Crippen MR) is 38.8 cm³/mol. The topological polar surface area (TPSA) is 9.23 Å². The molecule has 2 rings (SSSR count). The van der Waals surface area contributed by atoms with Crippen molar-refractivity contribution in [2.45, 2.75) is 18.9 Å². The Morgan fingerprint density at radius 1 is 1.33 bits per heavy atom. The Morgan fingerprint density at radius 2 is 2.08 bits per heavy atom. The van der Waals surface area contributed by atoms with Crippen molar-refractivity contribution in [3.63, 3.8) is 0 Å². The zero-order valence-electron chi connectivity index (χ0n) is 6.31. The normalized spacial score (nSPS) is 16.2. The quantitative estimate of drug-likeness (QED) is 0.660. The Hall–Kier alpha value is -1.12. The van der Waals surface area contributed by atoms with Gasteiger partial charge >= 0.3 is 0 Å². The van der Waals surface area contributed by atoms with Crippen molar-refractivity contribution in [3.8, 4) is 5.75 Å². The summed E-state index contributed by atoms with van der Waals surface area (Å²) in [6, 6.07) is 4.21. The summed E-state index contributed by atoms with van der Waals surface area (Å²) in [5.41, 5.74) is 0. The molecule has 1 aromatic rings. The lowest BCUT2D eigenvalue weighted by Crippen LogP contribution is -1.97. The molecule has 0 saturated heterocycles. The van der Waals surface area contributed by atoms with Crippen LogP contribution in [0.2, 0.25) is 0 Å². The van der Waals surface area contributed by atoms with Gasteiger partial charge in [-0.1, -0.05) is 0 Å². The number of rotatable bonds is 2. The highest BCUT2D eigenvalue weighted by Crippen LogP contribution is 2.27. The lowest BCUT2D eigenvalue weighted by molar-refractivity contribution is 0.299. The zero-order valence-corrected chi connectivity index (χ0v) is 6.31. The summed E-state index contributed by atoms with van der Waals surface area (Å²) in [7, 11) is 0. The summed E-state index contributed by atoms with van der Waals surface area (Å²) < 4.78 is 30.2. The lowest BCUT2D eigenvalue weighted by Gasteiger charge is -2.02. The third-order valence-electron chi connectivity index (χ3n) is 1.59. The minimum Gasteiger partial charge on any atom is -0.490 e. The number of benzene rings is 1. The van der Waals surface area contributed by atoms with E-state index in [1.807, 2.05) is 0 Å². The summed E-state index contributed by atoms with van der Waals surface area (Å²) in [5.74, 6) is -1.18. The van der Waals surface area contributed by atoms with Crippen LogP contribution in [0.25, 0.3) is 0 Å². The van der Waals surface area contributed by atoms with Crippen molar-refractivity contribution in [2.24, 2.45) is 0 Å². The lowest BCUT2D eigenvalue weighted by atomic mass is 10.3. The van der Waals surface area contributed by atoms with Gasteiger partial charge in [-0.2, -0.15) is 0 Å². The summed E-state index contributed by atoms with van der Waals surface area (Å²) in [4.78, 5) is 0. The van der Waals surface area contributed by atoms with Gasteiger partial charge in [0.25, 0.3) is 0 Å². The van der Waals surface area contributed by atoms with E-state index in [9.17, 15) is 8.78 Å². The molecule has 1 aromatic carbocycles. The van der Waals surface area contributed by atoms with E-state index in [0.717, 1.165) is 25.0 Å². The van der Waals surface area contributed by atoms with Crippen molar-refractivity contribution in [1.82, 2.24) is 0 Å². The molecule has 0 amide bonds. The fourth-order valence-corrected chi connectivity index (χ4v) is 0.907. The Kier molecular flexibility index (Phi) is 1.71. The molecule has 0 atom stereocenters. The van der Waals surface area contributed by atoms with E-state index in [2.05, 4.69) is 6.07 Å². The van der Waals surface area contributed by atoms with E-state index in [4.69, 9.17) is 4.74 Å². The number of halogens is 2. The van der Waals surface area contributed by atoms with E-state index in [1.54, 1.807) is 0 Å². The molecule has 1 aliphatic carbocycles. The van der Waals surface area contributed by atoms with Gasteiger partial charge in [0.15, 0.2) is 0 Å². The summed E-state index contributed by atoms with van der Waals surface area (Å²) in [5, 5.41) is 0. The predicted octanol–water partition coefficient (Wildman–Crippen LogP) is 2.31. The SMILES string of the molecule is Fc1[c]c(OC2CC2)cc(F)c1. The first-order chi connectivity index (χ1) is 5.74. The molecule has 0 aromatic heterocycles. The molecule has 3 heteroatoms. The number of ether oxygens (including phenoxy) is 1. The monoisotopic (exact) mass is 169 g/mol. The molecule has 0 bridgehead atoms. The molecule has 1 saturated carbocycles. The van der Waals surface area contributed by atoms with Crippen LogP contribution in [-0.2, 0) is 0 Å². The number of hydrogen-bond donors (Lipinski definition) is 0. The maximum atomic E-state index is 12.6. The van der Waals surface area contributed by atoms with Crippen LogP contribution in [0.3, 0.4) is 0 Å². The first-order valence-corrected chi connectivity index (χ1v) is 3.79. The highest BCUT2D eigenvalue weighted by molar-refractivity contribution is 5.22. The van der Waals surface area contributed by atoms with Gasteiger partial charge < -0.3 is 4.74 Å². The van der Waals surface area contributed by atoms with Crippen LogP contribution in [0.5, 0.6) is 5.75 Å². The van der Waals surface area contributed by atoms with Gasteiger partial charge in [0, 0.05) is 12.1 Å². The maximum absolute atomic E-state index is 12.6. The second-order valence-corrected chi connectivity index (χ2v) is 2.83. The van der Waals surface area contributed by atoms with Crippen molar-refractivity contribution in [3.05, 3.63) is 29.8 Å². The molecule has 0 N–H and O–H groups in total. The average Bonchev–Trinajstić information content (AvgIpc) is 2.68. The summed E-state index contributed by atoms with van der Waals surface area (Å²) in [6.07, 6.45) is 2.07. The van der Waals surface area contributed by atoms with Crippen LogP contribution in [0.4, 0.5) is 8.78 Å². The van der Waals surface area contributed by atoms with Gasteiger partial charge in [0.1, 0.15) is 17.4 Å². The van der Waals surface area contributed by atoms with Crippen LogP contribution in [0.1, 0.15) is 12.8 Å². The van der Waals surface area contributed by atoms with Crippen LogP contribution < -0.4 is 4.74 Å². The minimum atomic E-state index is -0.717. The van der Waals surface area contributed by atoms with Gasteiger partial charge in [-0.05, 0) is 12.8 Å². The second-order valence-electron chi connectivity index (χ2n) is 2.83. The fraction of sp³-hybridized carbons (Fsp3) is 0.333. The Bertz CT molecular complexity index is 274. The van der Waals surface area contributed by atoms with Gasteiger partial charge in [0.05, 0.1) is 12.2 Å². The highest BCUT2D eigenvalue weighted by atomic mass is 19.1. The van der Waals surface area contributed by atoms with E-state index in [1.165, 1.54) is 0 Å². The molecular formula is C9H7F2O. The standard InChI is InChI=1S/C9H7F2O/c10-6-3-7(11)5-9(4-6)12-8-1-2-8/h3-4,8H,1-2H2. The summed E-state index contributed by atoms with van der Waals surface area (Å²) in [6.45, 7) is 0. The molecule has 1 nitrogen and oxygen atoms in total. The Morgan fingerprint density at radius 3 is 2.67 bits per heavy atom. The van der Waals surface area contributed by atoms with Crippen molar-refractivity contribution >= 4 is 0 Å². The van der Waals surface area contributed by atoms with Crippen LogP contribution in [-0.4, -0.2) is 6.10 Å². The molecule has 1 radical (unpaired) electrons. The van der Waals surface area contributed by atoms with Gasteiger partial charge in [-0.15, -0.1) is 0 Å². The van der Waals surface area contributed by atoms with Crippen LogP contribution in [0, 0.1) is 17.7 Å². The second kappa shape index (κ2) is 2.73. The number of hydrogen-bond acceptors (Lipinski definition) is 1. The van der Waals surface area contributed by atoms with E-state index >= 15 is 0 Å². The molecule has 12 heavy (non-hydrogen) atoms. The third-order valence-corrected chi connectivity index (χ3v) is 1.59. The summed E-state index contributed by atoms with van der Waals surface area (Å²) >= 11 is 0. The molecule has 1 fully saturated rings. The van der Waals surface area contributed by atoms with Crippen molar-refractivity contribution in [1.29, 1.82) is 0 Å². The highest BCUT2D eigenvalue weighted by Gasteiger charge is 2.23. The molecule has 1 aliphatic rings. The first-order valence-electron chi connectivity index (χ1n) is 3.79. The van der Waals surface area contributed by atoms with Gasteiger partial charge in [-0.25, -0.2) is 8.78 Å². The van der Waals surface area contributed by atoms with E-state index < -0.39 is 11.6 Å². The van der Waals surface area contributed by atoms with Gasteiger partial charge in [0.2, 0.25) is 0 Å². The first kappa shape index (κ1) is 7.53. The fourth-order valence-electron chi connectivity index (χ4n) is 0.907. The third kappa shape index (κ3) is 1.72. The van der Waals surface area contributed by atoms with Crippen LogP contribution in [0.15, 0.2) is 12.1 Å². The molecular weight excluding hydrogens is 162 g/mol. The molecule has 0 aliphatic heterocycles. The largest absolute Gasteiger partial charge is 0.490 e. The van der Waals surface area contributed by atoms with Gasteiger partial charge in [-0.3, -0.25) is 0 Å². The smallest absolute Gasteiger partial charge is 0.137 e. The maximum Gasteiger partial charge on any atom is 0.137 e. The van der Waals surface area contributed by atoms with Crippen LogP contribution >= 0.6 is 0 Å². The van der Waals surface area contributed by atoms with Crippen molar-refractivity contribution in [2.75, 3.05) is 0 Å². The molecule has 63 valence electrons. The van der Waals surface area contributed by atoms with Crippen molar-refractivity contribution < 1.29 is 13.5 Å².